The Labute approximate surface area is 112 Å². The van der Waals surface area contributed by atoms with E-state index in [9.17, 15) is 9.90 Å². The summed E-state index contributed by atoms with van der Waals surface area (Å²) in [5, 5.41) is 11.3. The molecule has 0 amide bonds. The molecule has 0 fully saturated rings. The zero-order valence-corrected chi connectivity index (χ0v) is 10.6. The molecule has 1 N–H and O–H groups in total. The first-order chi connectivity index (χ1) is 9.65. The van der Waals surface area contributed by atoms with E-state index in [1.807, 2.05) is 25.1 Å². The second kappa shape index (κ2) is 3.63. The lowest BCUT2D eigenvalue weighted by Gasteiger charge is -1.99. The highest BCUT2D eigenvalue weighted by molar-refractivity contribution is 6.13. The molecule has 0 radical (unpaired) electrons. The molecule has 0 aliphatic heterocycles. The maximum absolute atomic E-state index is 12.2. The summed E-state index contributed by atoms with van der Waals surface area (Å²) in [6.07, 6.45) is 0. The summed E-state index contributed by atoms with van der Waals surface area (Å²) in [5.41, 5.74) is 1.96. The number of furan rings is 1. The minimum absolute atomic E-state index is 0.0985. The molecule has 4 heteroatoms. The van der Waals surface area contributed by atoms with Crippen LogP contribution < -0.4 is 5.63 Å². The first kappa shape index (κ1) is 11.1. The molecular formula is C16H10O4. The van der Waals surface area contributed by atoms with Crippen LogP contribution in [0.4, 0.5) is 0 Å². The van der Waals surface area contributed by atoms with Crippen molar-refractivity contribution in [3.05, 3.63) is 52.4 Å². The molecule has 0 atom stereocenters. The first-order valence-corrected chi connectivity index (χ1v) is 6.23. The predicted molar refractivity (Wildman–Crippen MR) is 76.2 cm³/mol. The summed E-state index contributed by atoms with van der Waals surface area (Å²) in [5.74, 6) is 0.0985. The van der Waals surface area contributed by atoms with Gasteiger partial charge < -0.3 is 13.9 Å². The quantitative estimate of drug-likeness (QED) is 0.493. The molecule has 20 heavy (non-hydrogen) atoms. The third kappa shape index (κ3) is 1.33. The van der Waals surface area contributed by atoms with E-state index in [0.29, 0.717) is 27.5 Å². The number of hydrogen-bond donors (Lipinski definition) is 1. The highest BCUT2D eigenvalue weighted by atomic mass is 16.4. The Kier molecular flexibility index (Phi) is 2.02. The van der Waals surface area contributed by atoms with Crippen LogP contribution in [0.2, 0.25) is 0 Å². The molecule has 0 aliphatic carbocycles. The van der Waals surface area contributed by atoms with E-state index in [1.54, 1.807) is 6.07 Å². The van der Waals surface area contributed by atoms with Gasteiger partial charge >= 0.3 is 5.63 Å². The van der Waals surface area contributed by atoms with Crippen LogP contribution in [0.5, 0.6) is 5.75 Å². The third-order valence-electron chi connectivity index (χ3n) is 3.53. The molecule has 2 aromatic carbocycles. The van der Waals surface area contributed by atoms with Crippen molar-refractivity contribution in [2.45, 2.75) is 6.92 Å². The number of phenolic OH excluding ortho intramolecular Hbond substituents is 1. The SMILES string of the molecule is Cc1cccc2c1oc(=O)c1c3ccc(O)cc3oc21. The maximum Gasteiger partial charge on any atom is 0.348 e. The Balaban J connectivity index is 2.36. The van der Waals surface area contributed by atoms with E-state index in [-0.39, 0.29) is 5.75 Å². The summed E-state index contributed by atoms with van der Waals surface area (Å²) in [7, 11) is 0. The van der Waals surface area contributed by atoms with Crippen molar-refractivity contribution >= 4 is 32.9 Å². The second-order valence-corrected chi connectivity index (χ2v) is 4.83. The number of aryl methyl sites for hydroxylation is 1. The van der Waals surface area contributed by atoms with Crippen molar-refractivity contribution in [3.8, 4) is 5.75 Å². The van der Waals surface area contributed by atoms with E-state index in [1.165, 1.54) is 12.1 Å². The fourth-order valence-electron chi connectivity index (χ4n) is 2.59. The molecule has 0 saturated carbocycles. The average Bonchev–Trinajstić information content (AvgIpc) is 2.79. The van der Waals surface area contributed by atoms with Crippen LogP contribution >= 0.6 is 0 Å². The lowest BCUT2D eigenvalue weighted by atomic mass is 10.1. The van der Waals surface area contributed by atoms with Gasteiger partial charge in [-0.25, -0.2) is 4.79 Å². The van der Waals surface area contributed by atoms with Gasteiger partial charge in [-0.15, -0.1) is 0 Å². The van der Waals surface area contributed by atoms with E-state index in [4.69, 9.17) is 8.83 Å². The van der Waals surface area contributed by atoms with E-state index in [2.05, 4.69) is 0 Å². The monoisotopic (exact) mass is 266 g/mol. The average molecular weight is 266 g/mol. The molecule has 2 aromatic heterocycles. The lowest BCUT2D eigenvalue weighted by Crippen LogP contribution is -1.98. The normalized spacial score (nSPS) is 11.7. The van der Waals surface area contributed by atoms with Gasteiger partial charge in [0.2, 0.25) is 0 Å². The number of aromatic hydroxyl groups is 1. The van der Waals surface area contributed by atoms with Gasteiger partial charge in [-0.05, 0) is 30.7 Å². The Hall–Kier alpha value is -2.75. The Bertz CT molecular complexity index is 1040. The molecule has 0 aliphatic rings. The molecule has 4 aromatic rings. The zero-order chi connectivity index (χ0) is 13.9. The van der Waals surface area contributed by atoms with Gasteiger partial charge in [-0.3, -0.25) is 0 Å². The topological polar surface area (TPSA) is 63.6 Å². The summed E-state index contributed by atoms with van der Waals surface area (Å²) in [4.78, 5) is 12.2. The van der Waals surface area contributed by atoms with Gasteiger partial charge in [0.05, 0.1) is 5.39 Å². The largest absolute Gasteiger partial charge is 0.508 e. The van der Waals surface area contributed by atoms with Gasteiger partial charge in [0.25, 0.3) is 0 Å². The standard InChI is InChI=1S/C16H10O4/c1-8-3-2-4-11-14(8)20-16(18)13-10-6-5-9(17)7-12(10)19-15(11)13/h2-7,17H,1H3. The number of para-hydroxylation sites is 1. The van der Waals surface area contributed by atoms with Crippen molar-refractivity contribution < 1.29 is 13.9 Å². The van der Waals surface area contributed by atoms with Gasteiger partial charge in [0, 0.05) is 11.5 Å². The summed E-state index contributed by atoms with van der Waals surface area (Å²) >= 11 is 0. The van der Waals surface area contributed by atoms with E-state index < -0.39 is 5.63 Å². The lowest BCUT2D eigenvalue weighted by molar-refractivity contribution is 0.475. The smallest absolute Gasteiger partial charge is 0.348 e. The first-order valence-electron chi connectivity index (χ1n) is 6.23. The number of phenols is 1. The number of rotatable bonds is 0. The molecule has 0 unspecified atom stereocenters. The molecular weight excluding hydrogens is 256 g/mol. The molecule has 2 heterocycles. The molecule has 4 rings (SSSR count). The van der Waals surface area contributed by atoms with Crippen molar-refractivity contribution in [2.75, 3.05) is 0 Å². The summed E-state index contributed by atoms with van der Waals surface area (Å²) in [6, 6.07) is 10.3. The van der Waals surface area contributed by atoms with E-state index in [0.717, 1.165) is 10.9 Å². The second-order valence-electron chi connectivity index (χ2n) is 4.83. The van der Waals surface area contributed by atoms with Crippen LogP contribution in [-0.2, 0) is 0 Å². The minimum atomic E-state index is -0.425. The Morgan fingerprint density at radius 2 is 1.85 bits per heavy atom. The number of benzene rings is 2. The highest BCUT2D eigenvalue weighted by Crippen LogP contribution is 2.33. The van der Waals surface area contributed by atoms with Gasteiger partial charge in [-0.1, -0.05) is 12.1 Å². The van der Waals surface area contributed by atoms with Crippen molar-refractivity contribution in [1.29, 1.82) is 0 Å². The zero-order valence-electron chi connectivity index (χ0n) is 10.6. The molecule has 98 valence electrons. The summed E-state index contributed by atoms with van der Waals surface area (Å²) in [6.45, 7) is 1.88. The highest BCUT2D eigenvalue weighted by Gasteiger charge is 2.16. The van der Waals surface area contributed by atoms with E-state index >= 15 is 0 Å². The van der Waals surface area contributed by atoms with Gasteiger partial charge in [-0.2, -0.15) is 0 Å². The van der Waals surface area contributed by atoms with Crippen LogP contribution in [0.25, 0.3) is 32.9 Å². The maximum atomic E-state index is 12.2. The fourth-order valence-corrected chi connectivity index (χ4v) is 2.59. The van der Waals surface area contributed by atoms with Crippen molar-refractivity contribution in [3.63, 3.8) is 0 Å². The summed E-state index contributed by atoms with van der Waals surface area (Å²) < 4.78 is 11.2. The van der Waals surface area contributed by atoms with Crippen LogP contribution in [0.1, 0.15) is 5.56 Å². The third-order valence-corrected chi connectivity index (χ3v) is 3.53. The Morgan fingerprint density at radius 3 is 2.70 bits per heavy atom. The van der Waals surface area contributed by atoms with Crippen LogP contribution in [-0.4, -0.2) is 5.11 Å². The van der Waals surface area contributed by atoms with Crippen LogP contribution in [0, 0.1) is 6.92 Å². The van der Waals surface area contributed by atoms with Crippen LogP contribution in [0.15, 0.2) is 50.0 Å². The van der Waals surface area contributed by atoms with Gasteiger partial charge in [0.15, 0.2) is 5.58 Å². The van der Waals surface area contributed by atoms with Crippen molar-refractivity contribution in [1.82, 2.24) is 0 Å². The molecule has 0 spiro atoms. The number of fused-ring (bicyclic) bond motifs is 5. The molecule has 0 bridgehead atoms. The van der Waals surface area contributed by atoms with Gasteiger partial charge in [0.1, 0.15) is 22.3 Å². The van der Waals surface area contributed by atoms with Crippen molar-refractivity contribution in [2.24, 2.45) is 0 Å². The molecule has 0 saturated heterocycles. The van der Waals surface area contributed by atoms with Crippen LogP contribution in [0.3, 0.4) is 0 Å². The predicted octanol–water partition coefficient (Wildman–Crippen LogP) is 3.71. The fraction of sp³-hybridized carbons (Fsp3) is 0.0625. The number of hydrogen-bond acceptors (Lipinski definition) is 4. The molecule has 4 nitrogen and oxygen atoms in total. The minimum Gasteiger partial charge on any atom is -0.508 e. The Morgan fingerprint density at radius 1 is 1.00 bits per heavy atom.